The van der Waals surface area contributed by atoms with Crippen LogP contribution in [-0.2, 0) is 4.84 Å². The molecule has 0 bridgehead atoms. The zero-order valence-corrected chi connectivity index (χ0v) is 15.6. The Hall–Kier alpha value is -2.20. The minimum absolute atomic E-state index is 0.115. The zero-order chi connectivity index (χ0) is 17.8. The van der Waals surface area contributed by atoms with Crippen molar-refractivity contribution in [2.24, 2.45) is 0 Å². The van der Waals surface area contributed by atoms with Gasteiger partial charge in [-0.25, -0.2) is 24.5 Å². The second-order valence-corrected chi connectivity index (χ2v) is 6.53. The Bertz CT molecular complexity index is 866. The van der Waals surface area contributed by atoms with E-state index in [2.05, 4.69) is 15.4 Å². The molecule has 8 heteroatoms. The van der Waals surface area contributed by atoms with E-state index in [4.69, 9.17) is 4.84 Å². The molecule has 0 atom stereocenters. The van der Waals surface area contributed by atoms with Gasteiger partial charge in [0.1, 0.15) is 17.3 Å². The molecule has 130 valence electrons. The van der Waals surface area contributed by atoms with Crippen molar-refractivity contribution in [1.82, 2.24) is 15.4 Å². The van der Waals surface area contributed by atoms with E-state index < -0.39 is 11.8 Å². The molecule has 2 amide bonds. The summed E-state index contributed by atoms with van der Waals surface area (Å²) in [5, 5.41) is 0.815. The second-order valence-electron chi connectivity index (χ2n) is 5.28. The number of benzene rings is 1. The number of halogens is 2. The Labute approximate surface area is 157 Å². The van der Waals surface area contributed by atoms with Crippen molar-refractivity contribution in [2.45, 2.75) is 13.3 Å². The van der Waals surface area contributed by atoms with Crippen molar-refractivity contribution < 1.29 is 14.0 Å². The van der Waals surface area contributed by atoms with Crippen molar-refractivity contribution in [2.75, 3.05) is 11.5 Å². The fourth-order valence-corrected chi connectivity index (χ4v) is 2.79. The molecule has 0 aliphatic heterocycles. The van der Waals surface area contributed by atoms with Crippen LogP contribution in [-0.4, -0.2) is 22.6 Å². The molecule has 6 nitrogen and oxygen atoms in total. The number of H-pyrrole nitrogens is 1. The van der Waals surface area contributed by atoms with Gasteiger partial charge in [-0.05, 0) is 65.4 Å². The number of urea groups is 1. The lowest BCUT2D eigenvalue weighted by molar-refractivity contribution is 0.0648. The monoisotopic (exact) mass is 454 g/mol. The zero-order valence-electron chi connectivity index (χ0n) is 13.4. The molecule has 2 aromatic heterocycles. The molecule has 0 saturated carbocycles. The molecular weight excluding hydrogens is 438 g/mol. The fraction of sp³-hybridized carbons (Fsp3) is 0.176. The first-order valence-corrected chi connectivity index (χ1v) is 8.78. The van der Waals surface area contributed by atoms with Crippen LogP contribution in [0.1, 0.15) is 13.3 Å². The molecular formula is C17H16FIN4O2. The number of carbonyl (C=O) groups is 1. The van der Waals surface area contributed by atoms with E-state index in [0.717, 1.165) is 15.4 Å². The van der Waals surface area contributed by atoms with E-state index in [9.17, 15) is 9.18 Å². The molecule has 25 heavy (non-hydrogen) atoms. The highest BCUT2D eigenvalue weighted by Gasteiger charge is 2.23. The van der Waals surface area contributed by atoms with Crippen molar-refractivity contribution in [3.63, 3.8) is 0 Å². The van der Waals surface area contributed by atoms with Crippen LogP contribution in [0.15, 0.2) is 42.6 Å². The summed E-state index contributed by atoms with van der Waals surface area (Å²) in [4.78, 5) is 26.2. The van der Waals surface area contributed by atoms with Gasteiger partial charge in [-0.15, -0.1) is 0 Å². The minimum atomic E-state index is -0.597. The number of anilines is 2. The van der Waals surface area contributed by atoms with E-state index in [1.54, 1.807) is 30.5 Å². The molecule has 1 aromatic carbocycles. The lowest BCUT2D eigenvalue weighted by atomic mass is 10.2. The maximum absolute atomic E-state index is 14.5. The highest BCUT2D eigenvalue weighted by molar-refractivity contribution is 14.1. The summed E-state index contributed by atoms with van der Waals surface area (Å²) in [6.07, 6.45) is 2.39. The standard InChI is InChI=1S/C17H16FIN4O2/c1-2-8-25-22-17(24)23(14-6-5-12(19)10-13(14)18)15-9-11-4-3-7-20-16(11)21-15/h3-7,9-10H,2,8H2,1H3,(H,20,21)(H,22,24). The van der Waals surface area contributed by atoms with Gasteiger partial charge in [-0.2, -0.15) is 0 Å². The Morgan fingerprint density at radius 3 is 2.96 bits per heavy atom. The van der Waals surface area contributed by atoms with Crippen LogP contribution in [0.5, 0.6) is 0 Å². The quantitative estimate of drug-likeness (QED) is 0.339. The minimum Gasteiger partial charge on any atom is -0.325 e. The van der Waals surface area contributed by atoms with Gasteiger partial charge in [0.2, 0.25) is 0 Å². The number of pyridine rings is 1. The number of aromatic amines is 1. The Morgan fingerprint density at radius 1 is 1.40 bits per heavy atom. The third kappa shape index (κ3) is 3.90. The summed E-state index contributed by atoms with van der Waals surface area (Å²) < 4.78 is 15.2. The van der Waals surface area contributed by atoms with E-state index in [1.807, 2.05) is 35.6 Å². The van der Waals surface area contributed by atoms with Crippen LogP contribution < -0.4 is 10.4 Å². The van der Waals surface area contributed by atoms with Crippen molar-refractivity contribution >= 4 is 51.2 Å². The maximum Gasteiger partial charge on any atom is 0.351 e. The predicted octanol–water partition coefficient (Wildman–Crippen LogP) is 4.50. The molecule has 0 fully saturated rings. The van der Waals surface area contributed by atoms with Crippen LogP contribution in [0.3, 0.4) is 0 Å². The van der Waals surface area contributed by atoms with Gasteiger partial charge >= 0.3 is 6.03 Å². The topological polar surface area (TPSA) is 70.2 Å². The number of carbonyl (C=O) groups excluding carboxylic acids is 1. The summed E-state index contributed by atoms with van der Waals surface area (Å²) in [6, 6.07) is 9.43. The van der Waals surface area contributed by atoms with Gasteiger partial charge in [-0.3, -0.25) is 4.84 Å². The van der Waals surface area contributed by atoms with E-state index in [0.29, 0.717) is 18.1 Å². The van der Waals surface area contributed by atoms with Gasteiger partial charge in [0, 0.05) is 15.2 Å². The molecule has 0 unspecified atom stereocenters. The van der Waals surface area contributed by atoms with Gasteiger partial charge < -0.3 is 4.98 Å². The Kier molecular flexibility index (Phi) is 5.49. The number of nitrogens with zero attached hydrogens (tertiary/aromatic N) is 2. The predicted molar refractivity (Wildman–Crippen MR) is 102 cm³/mol. The number of fused-ring (bicyclic) bond motifs is 1. The molecule has 0 saturated heterocycles. The SMILES string of the molecule is CCCONC(=O)N(c1cc2cccnc2[nH]1)c1ccc(I)cc1F. The first kappa shape index (κ1) is 17.6. The highest BCUT2D eigenvalue weighted by Crippen LogP contribution is 2.30. The molecule has 2 N–H and O–H groups in total. The van der Waals surface area contributed by atoms with Crippen molar-refractivity contribution in [1.29, 1.82) is 0 Å². The molecule has 0 aliphatic carbocycles. The number of hydrogen-bond acceptors (Lipinski definition) is 3. The number of hydroxylamine groups is 1. The maximum atomic E-state index is 14.5. The highest BCUT2D eigenvalue weighted by atomic mass is 127. The number of nitrogens with one attached hydrogen (secondary N) is 2. The summed E-state index contributed by atoms with van der Waals surface area (Å²) in [5.74, 6) is -0.115. The third-order valence-electron chi connectivity index (χ3n) is 3.44. The van der Waals surface area contributed by atoms with E-state index in [1.165, 1.54) is 11.0 Å². The average Bonchev–Trinajstić information content (AvgIpc) is 3.01. The van der Waals surface area contributed by atoms with Crippen LogP contribution in [0.4, 0.5) is 20.7 Å². The molecule has 2 heterocycles. The van der Waals surface area contributed by atoms with Gasteiger partial charge in [-0.1, -0.05) is 6.92 Å². The fourth-order valence-electron chi connectivity index (χ4n) is 2.34. The van der Waals surface area contributed by atoms with Crippen LogP contribution in [0.25, 0.3) is 11.0 Å². The van der Waals surface area contributed by atoms with E-state index >= 15 is 0 Å². The van der Waals surface area contributed by atoms with Crippen LogP contribution in [0.2, 0.25) is 0 Å². The summed E-state index contributed by atoms with van der Waals surface area (Å²) in [7, 11) is 0. The van der Waals surface area contributed by atoms with E-state index in [-0.39, 0.29) is 5.69 Å². The number of hydrogen-bond donors (Lipinski definition) is 2. The lowest BCUT2D eigenvalue weighted by Gasteiger charge is -2.22. The van der Waals surface area contributed by atoms with Gasteiger partial charge in [0.15, 0.2) is 0 Å². The van der Waals surface area contributed by atoms with Crippen LogP contribution >= 0.6 is 22.6 Å². The second kappa shape index (κ2) is 7.79. The Morgan fingerprint density at radius 2 is 2.24 bits per heavy atom. The molecule has 0 radical (unpaired) electrons. The molecule has 0 spiro atoms. The van der Waals surface area contributed by atoms with Crippen molar-refractivity contribution in [3.8, 4) is 0 Å². The smallest absolute Gasteiger partial charge is 0.325 e. The van der Waals surface area contributed by atoms with Crippen molar-refractivity contribution in [3.05, 3.63) is 52.0 Å². The van der Waals surface area contributed by atoms with Crippen LogP contribution in [0, 0.1) is 9.39 Å². The number of aromatic nitrogens is 2. The normalized spacial score (nSPS) is 10.8. The molecule has 3 aromatic rings. The number of rotatable bonds is 5. The first-order chi connectivity index (χ1) is 12.1. The lowest BCUT2D eigenvalue weighted by Crippen LogP contribution is -2.37. The van der Waals surface area contributed by atoms with Gasteiger partial charge in [0.25, 0.3) is 0 Å². The first-order valence-electron chi connectivity index (χ1n) is 7.71. The summed E-state index contributed by atoms with van der Waals surface area (Å²) in [5.41, 5.74) is 3.07. The summed E-state index contributed by atoms with van der Waals surface area (Å²) in [6.45, 7) is 2.29. The summed E-state index contributed by atoms with van der Waals surface area (Å²) >= 11 is 2.02. The third-order valence-corrected chi connectivity index (χ3v) is 4.11. The number of amides is 2. The van der Waals surface area contributed by atoms with Gasteiger partial charge in [0.05, 0.1) is 12.3 Å². The molecule has 0 aliphatic rings. The largest absolute Gasteiger partial charge is 0.351 e. The molecule has 3 rings (SSSR count). The Balaban J connectivity index is 2.03. The average molecular weight is 454 g/mol.